The van der Waals surface area contributed by atoms with Crippen molar-refractivity contribution < 1.29 is 14.3 Å². The zero-order chi connectivity index (χ0) is 20.9. The number of aromatic nitrogens is 1. The molecular weight excluding hydrogens is 398 g/mol. The Balaban J connectivity index is 1.30. The second kappa shape index (κ2) is 9.88. The summed E-state index contributed by atoms with van der Waals surface area (Å²) in [4.78, 5) is 33.9. The van der Waals surface area contributed by atoms with Gasteiger partial charge in [0.1, 0.15) is 0 Å². The van der Waals surface area contributed by atoms with E-state index >= 15 is 0 Å². The van der Waals surface area contributed by atoms with E-state index in [1.165, 1.54) is 4.70 Å². The van der Waals surface area contributed by atoms with Crippen LogP contribution in [0.25, 0.3) is 10.2 Å². The number of thiazole rings is 1. The van der Waals surface area contributed by atoms with E-state index in [4.69, 9.17) is 4.74 Å². The zero-order valence-corrected chi connectivity index (χ0v) is 18.5. The number of benzene rings is 1. The Kier molecular flexibility index (Phi) is 7.00. The lowest BCUT2D eigenvalue weighted by Crippen LogP contribution is -2.55. The summed E-state index contributed by atoms with van der Waals surface area (Å²) in [5.74, 6) is 0.327. The van der Waals surface area contributed by atoms with Crippen molar-refractivity contribution in [3.8, 4) is 0 Å². The van der Waals surface area contributed by atoms with Gasteiger partial charge in [0.15, 0.2) is 0 Å². The Morgan fingerprint density at radius 2 is 2.00 bits per heavy atom. The van der Waals surface area contributed by atoms with Crippen molar-refractivity contribution in [3.05, 3.63) is 29.3 Å². The summed E-state index contributed by atoms with van der Waals surface area (Å²) in [5, 5.41) is 1.10. The van der Waals surface area contributed by atoms with E-state index in [9.17, 15) is 9.59 Å². The third-order valence-corrected chi connectivity index (χ3v) is 7.31. The van der Waals surface area contributed by atoms with Crippen LogP contribution >= 0.6 is 11.3 Å². The summed E-state index contributed by atoms with van der Waals surface area (Å²) in [7, 11) is 0. The number of aryl methyl sites for hydroxylation is 1. The minimum Gasteiger partial charge on any atom is -0.381 e. The number of ether oxygens (including phenoxy) is 1. The number of likely N-dealkylation sites (tertiary alicyclic amines) is 1. The standard InChI is InChI=1S/C23H31N3O3S/c1-17(27)26(18-11-14-29-15-12-18)19-6-5-13-25(16-19)23(28)10-4-9-22-24-20-7-2-3-8-21(20)30-22/h2-3,7-8,18-19H,4-6,9-16H2,1H3. The van der Waals surface area contributed by atoms with Crippen LogP contribution < -0.4 is 0 Å². The van der Waals surface area contributed by atoms with Gasteiger partial charge in [-0.1, -0.05) is 12.1 Å². The smallest absolute Gasteiger partial charge is 0.222 e. The number of carbonyl (C=O) groups is 2. The average molecular weight is 430 g/mol. The molecule has 2 fully saturated rings. The van der Waals surface area contributed by atoms with Crippen LogP contribution in [-0.4, -0.2) is 65.0 Å². The first kappa shape index (κ1) is 21.2. The van der Waals surface area contributed by atoms with E-state index in [1.807, 2.05) is 28.0 Å². The topological polar surface area (TPSA) is 62.7 Å². The highest BCUT2D eigenvalue weighted by molar-refractivity contribution is 7.18. The number of hydrogen-bond acceptors (Lipinski definition) is 5. The number of hydrogen-bond donors (Lipinski definition) is 0. The largest absolute Gasteiger partial charge is 0.381 e. The molecule has 0 spiro atoms. The molecule has 2 aliphatic heterocycles. The van der Waals surface area contributed by atoms with Crippen LogP contribution in [0, 0.1) is 0 Å². The fourth-order valence-corrected chi connectivity index (χ4v) is 5.77. The first-order valence-corrected chi connectivity index (χ1v) is 11.9. The molecule has 6 nitrogen and oxygen atoms in total. The lowest BCUT2D eigenvalue weighted by atomic mass is 9.98. The Bertz CT molecular complexity index is 844. The minimum absolute atomic E-state index is 0.122. The van der Waals surface area contributed by atoms with Crippen LogP contribution in [0.5, 0.6) is 0 Å². The summed E-state index contributed by atoms with van der Waals surface area (Å²) in [5.41, 5.74) is 1.04. The number of amides is 2. The van der Waals surface area contributed by atoms with Gasteiger partial charge in [0.2, 0.25) is 11.8 Å². The highest BCUT2D eigenvalue weighted by Crippen LogP contribution is 2.25. The van der Waals surface area contributed by atoms with Gasteiger partial charge in [-0.05, 0) is 50.7 Å². The summed E-state index contributed by atoms with van der Waals surface area (Å²) in [6.07, 6.45) is 5.92. The van der Waals surface area contributed by atoms with Crippen molar-refractivity contribution in [1.29, 1.82) is 0 Å². The highest BCUT2D eigenvalue weighted by atomic mass is 32.1. The number of carbonyl (C=O) groups excluding carboxylic acids is 2. The molecule has 7 heteroatoms. The summed E-state index contributed by atoms with van der Waals surface area (Å²) >= 11 is 1.72. The van der Waals surface area contributed by atoms with Gasteiger partial charge in [0.25, 0.3) is 0 Å². The van der Waals surface area contributed by atoms with Gasteiger partial charge in [-0.25, -0.2) is 4.98 Å². The molecular formula is C23H31N3O3S. The van der Waals surface area contributed by atoms with Crippen LogP contribution in [0.3, 0.4) is 0 Å². The second-order valence-corrected chi connectivity index (χ2v) is 9.45. The van der Waals surface area contributed by atoms with Crippen molar-refractivity contribution in [2.24, 2.45) is 0 Å². The monoisotopic (exact) mass is 429 g/mol. The Morgan fingerprint density at radius 1 is 1.20 bits per heavy atom. The van der Waals surface area contributed by atoms with Crippen molar-refractivity contribution in [2.45, 2.75) is 64.0 Å². The molecule has 2 aliphatic rings. The predicted octanol–water partition coefficient (Wildman–Crippen LogP) is 3.64. The molecule has 2 aromatic rings. The van der Waals surface area contributed by atoms with Crippen LogP contribution in [0.2, 0.25) is 0 Å². The Labute approximate surface area is 182 Å². The fourth-order valence-electron chi connectivity index (χ4n) is 4.76. The van der Waals surface area contributed by atoms with Crippen molar-refractivity contribution in [2.75, 3.05) is 26.3 Å². The van der Waals surface area contributed by atoms with Gasteiger partial charge in [-0.2, -0.15) is 0 Å². The number of para-hydroxylation sites is 1. The molecule has 2 saturated heterocycles. The maximum absolute atomic E-state index is 12.9. The summed E-state index contributed by atoms with van der Waals surface area (Å²) in [6.45, 7) is 4.56. The molecule has 0 bridgehead atoms. The van der Waals surface area contributed by atoms with Gasteiger partial charge in [-0.15, -0.1) is 11.3 Å². The maximum Gasteiger partial charge on any atom is 0.222 e. The molecule has 162 valence electrons. The van der Waals surface area contributed by atoms with Gasteiger partial charge >= 0.3 is 0 Å². The number of rotatable bonds is 6. The molecule has 0 aliphatic carbocycles. The molecule has 1 aromatic heterocycles. The molecule has 0 saturated carbocycles. The third kappa shape index (κ3) is 5.01. The highest BCUT2D eigenvalue weighted by Gasteiger charge is 2.34. The van der Waals surface area contributed by atoms with E-state index in [1.54, 1.807) is 18.3 Å². The molecule has 3 heterocycles. The van der Waals surface area contributed by atoms with Crippen molar-refractivity contribution >= 4 is 33.4 Å². The minimum atomic E-state index is 0.122. The quantitative estimate of drug-likeness (QED) is 0.703. The SMILES string of the molecule is CC(=O)N(C1CCOCC1)C1CCCN(C(=O)CCCc2nc3ccccc3s2)C1. The Hall–Kier alpha value is -1.99. The lowest BCUT2D eigenvalue weighted by Gasteiger charge is -2.44. The number of fused-ring (bicyclic) bond motifs is 1. The second-order valence-electron chi connectivity index (χ2n) is 8.33. The van der Waals surface area contributed by atoms with E-state index in [0.29, 0.717) is 13.0 Å². The summed E-state index contributed by atoms with van der Waals surface area (Å²) < 4.78 is 6.67. The molecule has 0 N–H and O–H groups in total. The van der Waals surface area contributed by atoms with Gasteiger partial charge in [-0.3, -0.25) is 9.59 Å². The van der Waals surface area contributed by atoms with Gasteiger partial charge < -0.3 is 14.5 Å². The van der Waals surface area contributed by atoms with E-state index in [0.717, 1.165) is 68.8 Å². The van der Waals surface area contributed by atoms with E-state index < -0.39 is 0 Å². The van der Waals surface area contributed by atoms with Gasteiger partial charge in [0, 0.05) is 51.7 Å². The molecule has 30 heavy (non-hydrogen) atoms. The fraction of sp³-hybridized carbons (Fsp3) is 0.609. The summed E-state index contributed by atoms with van der Waals surface area (Å²) in [6, 6.07) is 8.54. The average Bonchev–Trinajstić information content (AvgIpc) is 3.17. The Morgan fingerprint density at radius 3 is 2.77 bits per heavy atom. The normalized spacial score (nSPS) is 20.4. The van der Waals surface area contributed by atoms with Crippen molar-refractivity contribution in [1.82, 2.24) is 14.8 Å². The lowest BCUT2D eigenvalue weighted by molar-refractivity contribution is -0.142. The predicted molar refractivity (Wildman–Crippen MR) is 119 cm³/mol. The first-order chi connectivity index (χ1) is 14.6. The third-order valence-electron chi connectivity index (χ3n) is 6.21. The van der Waals surface area contributed by atoms with Crippen LogP contribution in [0.4, 0.5) is 0 Å². The molecule has 0 radical (unpaired) electrons. The van der Waals surface area contributed by atoms with E-state index in [2.05, 4.69) is 11.1 Å². The maximum atomic E-state index is 12.9. The van der Waals surface area contributed by atoms with Crippen LogP contribution in [0.1, 0.15) is 50.5 Å². The molecule has 1 aromatic carbocycles. The van der Waals surface area contributed by atoms with Gasteiger partial charge in [0.05, 0.1) is 15.2 Å². The number of nitrogens with zero attached hydrogens (tertiary/aromatic N) is 3. The first-order valence-electron chi connectivity index (χ1n) is 11.1. The van der Waals surface area contributed by atoms with Crippen LogP contribution in [-0.2, 0) is 20.7 Å². The molecule has 1 unspecified atom stereocenters. The van der Waals surface area contributed by atoms with E-state index in [-0.39, 0.29) is 23.9 Å². The molecule has 1 atom stereocenters. The van der Waals surface area contributed by atoms with Crippen LogP contribution in [0.15, 0.2) is 24.3 Å². The molecule has 2 amide bonds. The van der Waals surface area contributed by atoms with Crippen molar-refractivity contribution in [3.63, 3.8) is 0 Å². The molecule has 4 rings (SSSR count). The number of piperidine rings is 1. The zero-order valence-electron chi connectivity index (χ0n) is 17.7.